The number of ether oxygens (including phenoxy) is 3. The number of hydrogen-bond donors (Lipinski definition) is 2. The van der Waals surface area contributed by atoms with Crippen molar-refractivity contribution in [2.75, 3.05) is 13.7 Å². The van der Waals surface area contributed by atoms with Crippen molar-refractivity contribution in [3.8, 4) is 17.1 Å². The van der Waals surface area contributed by atoms with E-state index in [1.54, 1.807) is 19.1 Å². The lowest BCUT2D eigenvalue weighted by Gasteiger charge is -2.27. The van der Waals surface area contributed by atoms with Crippen molar-refractivity contribution in [3.63, 3.8) is 0 Å². The standard InChI is InChI=1S/C19H22N2O7/c1-11-15(10-26-19(24)20-2)17(28-21-11)12-3-5-13(6-4-12)27-14-7-8-25-16(9-14)18(22)23/h3-6,14,16H,7-10H2,1-2H3,(H,20,24)(H,22,23)/t14-,16+/m0/s1. The van der Waals surface area contributed by atoms with Gasteiger partial charge in [-0.15, -0.1) is 0 Å². The van der Waals surface area contributed by atoms with E-state index in [1.807, 2.05) is 12.1 Å². The lowest BCUT2D eigenvalue weighted by atomic mass is 10.1. The van der Waals surface area contributed by atoms with Crippen LogP contribution in [0.15, 0.2) is 28.8 Å². The van der Waals surface area contributed by atoms with Gasteiger partial charge >= 0.3 is 12.1 Å². The maximum Gasteiger partial charge on any atom is 0.407 e. The van der Waals surface area contributed by atoms with Gasteiger partial charge in [-0.25, -0.2) is 9.59 Å². The molecule has 9 nitrogen and oxygen atoms in total. The van der Waals surface area contributed by atoms with Crippen LogP contribution in [0.25, 0.3) is 11.3 Å². The number of benzene rings is 1. The number of carboxylic acid groups (broad SMARTS) is 1. The summed E-state index contributed by atoms with van der Waals surface area (Å²) in [5.41, 5.74) is 2.09. The number of carbonyl (C=O) groups excluding carboxylic acids is 1. The highest BCUT2D eigenvalue weighted by molar-refractivity contribution is 5.72. The van der Waals surface area contributed by atoms with Crippen LogP contribution in [0.2, 0.25) is 0 Å². The van der Waals surface area contributed by atoms with Crippen LogP contribution >= 0.6 is 0 Å². The van der Waals surface area contributed by atoms with Crippen molar-refractivity contribution in [1.82, 2.24) is 10.5 Å². The van der Waals surface area contributed by atoms with Crippen LogP contribution in [-0.4, -0.2) is 48.2 Å². The third-order valence-corrected chi connectivity index (χ3v) is 4.47. The predicted octanol–water partition coefficient (Wildman–Crippen LogP) is 2.52. The fourth-order valence-electron chi connectivity index (χ4n) is 2.92. The van der Waals surface area contributed by atoms with E-state index in [1.165, 1.54) is 7.05 Å². The van der Waals surface area contributed by atoms with Gasteiger partial charge in [-0.2, -0.15) is 0 Å². The lowest BCUT2D eigenvalue weighted by Crippen LogP contribution is -2.37. The van der Waals surface area contributed by atoms with E-state index >= 15 is 0 Å². The first kappa shape index (κ1) is 19.7. The summed E-state index contributed by atoms with van der Waals surface area (Å²) in [6, 6.07) is 7.18. The van der Waals surface area contributed by atoms with Crippen molar-refractivity contribution in [3.05, 3.63) is 35.5 Å². The largest absolute Gasteiger partial charge is 0.490 e. The molecule has 1 saturated heterocycles. The van der Waals surface area contributed by atoms with Crippen molar-refractivity contribution >= 4 is 12.1 Å². The highest BCUT2D eigenvalue weighted by atomic mass is 16.6. The van der Waals surface area contributed by atoms with E-state index < -0.39 is 18.2 Å². The van der Waals surface area contributed by atoms with Crippen molar-refractivity contribution < 1.29 is 33.4 Å². The minimum Gasteiger partial charge on any atom is -0.490 e. The summed E-state index contributed by atoms with van der Waals surface area (Å²) in [5.74, 6) is 0.167. The SMILES string of the molecule is CNC(=O)OCc1c(C)noc1-c1ccc(O[C@H]2CCO[C@@H](C(=O)O)C2)cc1. The van der Waals surface area contributed by atoms with Gasteiger partial charge in [-0.1, -0.05) is 5.16 Å². The zero-order valence-corrected chi connectivity index (χ0v) is 15.6. The number of alkyl carbamates (subject to hydrolysis) is 1. The van der Waals surface area contributed by atoms with E-state index in [0.29, 0.717) is 42.2 Å². The van der Waals surface area contributed by atoms with Crippen molar-refractivity contribution in [1.29, 1.82) is 0 Å². The molecule has 3 rings (SSSR count). The second-order valence-corrected chi connectivity index (χ2v) is 6.39. The summed E-state index contributed by atoms with van der Waals surface area (Å²) >= 11 is 0. The molecule has 0 aliphatic carbocycles. The number of carboxylic acids is 1. The van der Waals surface area contributed by atoms with E-state index in [4.69, 9.17) is 23.8 Å². The molecule has 28 heavy (non-hydrogen) atoms. The zero-order valence-electron chi connectivity index (χ0n) is 15.6. The minimum atomic E-state index is -0.976. The molecule has 2 aromatic rings. The minimum absolute atomic E-state index is 0.0429. The van der Waals surface area contributed by atoms with Crippen molar-refractivity contribution in [2.45, 2.75) is 38.6 Å². The van der Waals surface area contributed by atoms with Gasteiger partial charge in [-0.05, 0) is 31.2 Å². The Bertz CT molecular complexity index is 831. The normalized spacial score (nSPS) is 19.1. The molecule has 1 amide bonds. The molecule has 0 bridgehead atoms. The molecule has 150 valence electrons. The molecule has 1 fully saturated rings. The van der Waals surface area contributed by atoms with E-state index in [2.05, 4.69) is 10.5 Å². The number of aryl methyl sites for hydroxylation is 1. The van der Waals surface area contributed by atoms with Crippen LogP contribution in [0.5, 0.6) is 5.75 Å². The number of nitrogens with zero attached hydrogens (tertiary/aromatic N) is 1. The summed E-state index contributed by atoms with van der Waals surface area (Å²) in [7, 11) is 1.49. The third kappa shape index (κ3) is 4.61. The first-order valence-electron chi connectivity index (χ1n) is 8.89. The van der Waals surface area contributed by atoms with Crippen LogP contribution in [0, 0.1) is 6.92 Å². The number of aromatic nitrogens is 1. The molecule has 2 N–H and O–H groups in total. The van der Waals surface area contributed by atoms with Crippen LogP contribution < -0.4 is 10.1 Å². The Morgan fingerprint density at radius 2 is 2.07 bits per heavy atom. The average molecular weight is 390 g/mol. The second-order valence-electron chi connectivity index (χ2n) is 6.39. The monoisotopic (exact) mass is 390 g/mol. The quantitative estimate of drug-likeness (QED) is 0.772. The molecule has 1 aliphatic rings. The number of nitrogens with one attached hydrogen (secondary N) is 1. The highest BCUT2D eigenvalue weighted by Gasteiger charge is 2.29. The van der Waals surface area contributed by atoms with Gasteiger partial charge in [0.25, 0.3) is 0 Å². The van der Waals surface area contributed by atoms with Crippen LogP contribution in [0.4, 0.5) is 4.79 Å². The Kier molecular flexibility index (Phi) is 6.15. The second kappa shape index (κ2) is 8.75. The first-order valence-corrected chi connectivity index (χ1v) is 8.89. The smallest absolute Gasteiger partial charge is 0.407 e. The van der Waals surface area contributed by atoms with Gasteiger partial charge in [-0.3, -0.25) is 0 Å². The maximum absolute atomic E-state index is 11.3. The summed E-state index contributed by atoms with van der Waals surface area (Å²) < 4.78 is 21.6. The number of rotatable bonds is 6. The van der Waals surface area contributed by atoms with E-state index in [9.17, 15) is 9.59 Å². The first-order chi connectivity index (χ1) is 13.5. The average Bonchev–Trinajstić information content (AvgIpc) is 3.07. The fraction of sp³-hybridized carbons (Fsp3) is 0.421. The maximum atomic E-state index is 11.3. The van der Waals surface area contributed by atoms with Gasteiger partial charge < -0.3 is 29.2 Å². The Labute approximate surface area is 161 Å². The van der Waals surface area contributed by atoms with E-state index in [0.717, 1.165) is 5.56 Å². The molecule has 1 aliphatic heterocycles. The molecule has 9 heteroatoms. The number of hydrogen-bond acceptors (Lipinski definition) is 7. The Balaban J connectivity index is 1.68. The molecule has 1 aromatic carbocycles. The van der Waals surface area contributed by atoms with Crippen LogP contribution in [-0.2, 0) is 20.9 Å². The molecule has 2 atom stereocenters. The van der Waals surface area contributed by atoms with Crippen LogP contribution in [0.1, 0.15) is 24.1 Å². The third-order valence-electron chi connectivity index (χ3n) is 4.47. The van der Waals surface area contributed by atoms with Crippen molar-refractivity contribution in [2.24, 2.45) is 0 Å². The van der Waals surface area contributed by atoms with Gasteiger partial charge in [0.2, 0.25) is 0 Å². The highest BCUT2D eigenvalue weighted by Crippen LogP contribution is 2.29. The molecule has 1 aromatic heterocycles. The van der Waals surface area contributed by atoms with Crippen LogP contribution in [0.3, 0.4) is 0 Å². The summed E-state index contributed by atoms with van der Waals surface area (Å²) in [5, 5.41) is 15.4. The molecule has 0 spiro atoms. The molecule has 0 radical (unpaired) electrons. The fourth-order valence-corrected chi connectivity index (χ4v) is 2.92. The number of amides is 1. The Morgan fingerprint density at radius 1 is 1.32 bits per heavy atom. The van der Waals surface area contributed by atoms with Gasteiger partial charge in [0.1, 0.15) is 18.5 Å². The van der Waals surface area contributed by atoms with Gasteiger partial charge in [0.05, 0.1) is 17.9 Å². The lowest BCUT2D eigenvalue weighted by molar-refractivity contribution is -0.156. The summed E-state index contributed by atoms with van der Waals surface area (Å²) in [4.78, 5) is 22.4. The summed E-state index contributed by atoms with van der Waals surface area (Å²) in [6.45, 7) is 2.17. The topological polar surface area (TPSA) is 120 Å². The zero-order chi connectivity index (χ0) is 20.1. The molecular weight excluding hydrogens is 368 g/mol. The molecular formula is C19H22N2O7. The molecule has 2 heterocycles. The van der Waals surface area contributed by atoms with Gasteiger partial charge in [0.15, 0.2) is 11.9 Å². The Morgan fingerprint density at radius 3 is 2.75 bits per heavy atom. The number of aliphatic carboxylic acids is 1. The summed E-state index contributed by atoms with van der Waals surface area (Å²) in [6.07, 6.45) is -0.651. The Hall–Kier alpha value is -3.07. The number of carbonyl (C=O) groups is 2. The molecule has 0 saturated carbocycles. The molecule has 0 unspecified atom stereocenters. The van der Waals surface area contributed by atoms with Gasteiger partial charge in [0, 0.05) is 25.5 Å². The predicted molar refractivity (Wildman–Crippen MR) is 96.9 cm³/mol. The van der Waals surface area contributed by atoms with E-state index in [-0.39, 0.29) is 12.7 Å².